The van der Waals surface area contributed by atoms with Gasteiger partial charge in [-0.1, -0.05) is 28.1 Å². The molecule has 0 aliphatic rings. The Labute approximate surface area is 124 Å². The fourth-order valence-corrected chi connectivity index (χ4v) is 2.25. The van der Waals surface area contributed by atoms with Gasteiger partial charge in [0.05, 0.1) is 5.60 Å². The molecule has 1 atom stereocenters. The first kappa shape index (κ1) is 16.0. The van der Waals surface area contributed by atoms with Crippen molar-refractivity contribution in [2.45, 2.75) is 39.2 Å². The van der Waals surface area contributed by atoms with Crippen molar-refractivity contribution in [2.75, 3.05) is 12.5 Å². The molecule has 0 aliphatic carbocycles. The zero-order valence-corrected chi connectivity index (χ0v) is 13.7. The summed E-state index contributed by atoms with van der Waals surface area (Å²) >= 11 is 9.48. The minimum absolute atomic E-state index is 0.0610. The Hall–Kier alpha value is -0.0500. The van der Waals surface area contributed by atoms with Crippen LogP contribution in [0.3, 0.4) is 0 Å². The first-order chi connectivity index (χ1) is 8.40. The highest BCUT2D eigenvalue weighted by atomic mass is 79.9. The number of hydrogen-bond donors (Lipinski definition) is 0. The van der Waals surface area contributed by atoms with E-state index in [-0.39, 0.29) is 5.60 Å². The molecule has 0 bridgehead atoms. The molecule has 0 spiro atoms. The molecule has 1 unspecified atom stereocenters. The summed E-state index contributed by atoms with van der Waals surface area (Å²) in [4.78, 5) is 0. The average molecular weight is 334 g/mol. The smallest absolute Gasteiger partial charge is 0.0598 e. The van der Waals surface area contributed by atoms with E-state index in [4.69, 9.17) is 16.3 Å². The number of rotatable bonds is 6. The van der Waals surface area contributed by atoms with Crippen LogP contribution >= 0.6 is 27.5 Å². The van der Waals surface area contributed by atoms with Crippen LogP contribution in [0.25, 0.3) is 0 Å². The lowest BCUT2D eigenvalue weighted by Crippen LogP contribution is -2.21. The summed E-state index contributed by atoms with van der Waals surface area (Å²) in [6, 6.07) is 8.45. The van der Waals surface area contributed by atoms with Crippen LogP contribution in [-0.2, 0) is 11.2 Å². The van der Waals surface area contributed by atoms with Crippen molar-refractivity contribution in [3.8, 4) is 0 Å². The van der Waals surface area contributed by atoms with Crippen molar-refractivity contribution >= 4 is 27.5 Å². The first-order valence-electron chi connectivity index (χ1n) is 6.35. The maximum Gasteiger partial charge on any atom is 0.0598 e. The number of benzene rings is 1. The summed E-state index contributed by atoms with van der Waals surface area (Å²) in [6.45, 7) is 7.02. The Balaban J connectivity index is 2.40. The normalized spacial score (nSPS) is 13.6. The van der Waals surface area contributed by atoms with Gasteiger partial charge in [0.2, 0.25) is 0 Å². The molecule has 0 aromatic heterocycles. The lowest BCUT2D eigenvalue weighted by molar-refractivity contribution is -0.00831. The molecule has 18 heavy (non-hydrogen) atoms. The Morgan fingerprint density at radius 2 is 1.83 bits per heavy atom. The van der Waals surface area contributed by atoms with Crippen LogP contribution in [0, 0.1) is 5.92 Å². The zero-order chi connectivity index (χ0) is 13.6. The Morgan fingerprint density at radius 3 is 2.33 bits per heavy atom. The third-order valence-electron chi connectivity index (χ3n) is 2.72. The van der Waals surface area contributed by atoms with Gasteiger partial charge in [-0.25, -0.2) is 0 Å². The Bertz CT molecular complexity index is 343. The summed E-state index contributed by atoms with van der Waals surface area (Å²) in [5.74, 6) is 1.17. The standard InChI is InChI=1S/C15H22BrClO/c1-15(2,3)18-9-8-13(11-17)10-12-4-6-14(16)7-5-12/h4-7,13H,8-11H2,1-3H3. The molecule has 0 saturated carbocycles. The largest absolute Gasteiger partial charge is 0.376 e. The average Bonchev–Trinajstić information content (AvgIpc) is 2.29. The van der Waals surface area contributed by atoms with Crippen molar-refractivity contribution in [1.29, 1.82) is 0 Å². The van der Waals surface area contributed by atoms with Crippen LogP contribution in [0.5, 0.6) is 0 Å². The highest BCUT2D eigenvalue weighted by Crippen LogP contribution is 2.18. The summed E-state index contributed by atoms with van der Waals surface area (Å²) in [5, 5.41) is 0. The van der Waals surface area contributed by atoms with Gasteiger partial charge < -0.3 is 4.74 Å². The van der Waals surface area contributed by atoms with Crippen molar-refractivity contribution in [1.82, 2.24) is 0 Å². The molecule has 0 amide bonds. The predicted octanol–water partition coefficient (Wildman–Crippen LogP) is 5.05. The highest BCUT2D eigenvalue weighted by Gasteiger charge is 2.13. The maximum atomic E-state index is 6.03. The molecule has 1 rings (SSSR count). The second-order valence-electron chi connectivity index (χ2n) is 5.60. The monoisotopic (exact) mass is 332 g/mol. The fourth-order valence-electron chi connectivity index (χ4n) is 1.72. The van der Waals surface area contributed by atoms with E-state index in [0.29, 0.717) is 11.8 Å². The molecule has 0 heterocycles. The van der Waals surface area contributed by atoms with E-state index in [1.807, 2.05) is 0 Å². The first-order valence-corrected chi connectivity index (χ1v) is 7.68. The van der Waals surface area contributed by atoms with Crippen molar-refractivity contribution in [3.05, 3.63) is 34.3 Å². The van der Waals surface area contributed by atoms with Crippen molar-refractivity contribution in [2.24, 2.45) is 5.92 Å². The maximum absolute atomic E-state index is 6.03. The molecule has 1 nitrogen and oxygen atoms in total. The molecule has 1 aromatic rings. The molecular formula is C15H22BrClO. The third kappa shape index (κ3) is 6.77. The second kappa shape index (κ2) is 7.52. The molecule has 0 saturated heterocycles. The van der Waals surface area contributed by atoms with E-state index in [9.17, 15) is 0 Å². The van der Waals surface area contributed by atoms with E-state index in [0.717, 1.165) is 23.9 Å². The third-order valence-corrected chi connectivity index (χ3v) is 3.68. The number of hydrogen-bond acceptors (Lipinski definition) is 1. The predicted molar refractivity (Wildman–Crippen MR) is 82.4 cm³/mol. The topological polar surface area (TPSA) is 9.23 Å². The minimum Gasteiger partial charge on any atom is -0.376 e. The summed E-state index contributed by atoms with van der Waals surface area (Å²) < 4.78 is 6.87. The van der Waals surface area contributed by atoms with E-state index in [2.05, 4.69) is 61.0 Å². The van der Waals surface area contributed by atoms with E-state index >= 15 is 0 Å². The number of alkyl halides is 1. The van der Waals surface area contributed by atoms with Gasteiger partial charge in [0.25, 0.3) is 0 Å². The Kier molecular flexibility index (Phi) is 6.68. The number of halogens is 2. The van der Waals surface area contributed by atoms with Gasteiger partial charge in [0.15, 0.2) is 0 Å². The lowest BCUT2D eigenvalue weighted by atomic mass is 9.98. The lowest BCUT2D eigenvalue weighted by Gasteiger charge is -2.21. The molecule has 0 aliphatic heterocycles. The van der Waals surface area contributed by atoms with Crippen LogP contribution in [-0.4, -0.2) is 18.1 Å². The van der Waals surface area contributed by atoms with Crippen molar-refractivity contribution < 1.29 is 4.74 Å². The van der Waals surface area contributed by atoms with E-state index in [1.54, 1.807) is 0 Å². The van der Waals surface area contributed by atoms with Crippen LogP contribution in [0.15, 0.2) is 28.7 Å². The molecule has 102 valence electrons. The SMILES string of the molecule is CC(C)(C)OCCC(CCl)Cc1ccc(Br)cc1. The van der Waals surface area contributed by atoms with Gasteiger partial charge >= 0.3 is 0 Å². The van der Waals surface area contributed by atoms with Crippen LogP contribution in [0.2, 0.25) is 0 Å². The summed E-state index contributed by atoms with van der Waals surface area (Å²) in [5.41, 5.74) is 1.27. The molecule has 0 radical (unpaired) electrons. The van der Waals surface area contributed by atoms with Gasteiger partial charge in [-0.15, -0.1) is 11.6 Å². The number of ether oxygens (including phenoxy) is 1. The van der Waals surface area contributed by atoms with E-state index in [1.165, 1.54) is 5.56 Å². The molecule has 0 fully saturated rings. The van der Waals surface area contributed by atoms with Gasteiger partial charge in [0.1, 0.15) is 0 Å². The second-order valence-corrected chi connectivity index (χ2v) is 6.82. The molecular weight excluding hydrogens is 312 g/mol. The quantitative estimate of drug-likeness (QED) is 0.662. The van der Waals surface area contributed by atoms with Crippen LogP contribution in [0.1, 0.15) is 32.8 Å². The van der Waals surface area contributed by atoms with Gasteiger partial charge in [-0.3, -0.25) is 0 Å². The zero-order valence-electron chi connectivity index (χ0n) is 11.4. The van der Waals surface area contributed by atoms with E-state index < -0.39 is 0 Å². The van der Waals surface area contributed by atoms with Gasteiger partial charge in [-0.05, 0) is 57.2 Å². The molecule has 3 heteroatoms. The highest BCUT2D eigenvalue weighted by molar-refractivity contribution is 9.10. The molecule has 1 aromatic carbocycles. The summed E-state index contributed by atoms with van der Waals surface area (Å²) in [7, 11) is 0. The van der Waals surface area contributed by atoms with Gasteiger partial charge in [-0.2, -0.15) is 0 Å². The fraction of sp³-hybridized carbons (Fsp3) is 0.600. The van der Waals surface area contributed by atoms with Crippen LogP contribution < -0.4 is 0 Å². The minimum atomic E-state index is -0.0610. The van der Waals surface area contributed by atoms with Crippen molar-refractivity contribution in [3.63, 3.8) is 0 Å². The Morgan fingerprint density at radius 1 is 1.22 bits per heavy atom. The summed E-state index contributed by atoms with van der Waals surface area (Å²) in [6.07, 6.45) is 2.03. The molecule has 0 N–H and O–H groups in total. The van der Waals surface area contributed by atoms with Gasteiger partial charge in [0, 0.05) is 17.0 Å². The van der Waals surface area contributed by atoms with Crippen LogP contribution in [0.4, 0.5) is 0 Å².